The van der Waals surface area contributed by atoms with Crippen molar-refractivity contribution in [2.75, 3.05) is 13.2 Å². The Morgan fingerprint density at radius 1 is 1.46 bits per heavy atom. The number of ether oxygens (including phenoxy) is 1. The first-order valence-corrected chi connectivity index (χ1v) is 9.20. The van der Waals surface area contributed by atoms with E-state index in [2.05, 4.69) is 35.0 Å². The number of nitrogens with zero attached hydrogens (tertiary/aromatic N) is 1. The summed E-state index contributed by atoms with van der Waals surface area (Å²) in [6, 6.07) is 8.36. The SMILES string of the molecule is C[C@@]1(c2ccc3sccc3c2)CC(=O)N(CC2CCCO2)C(=N)N1. The zero-order valence-electron chi connectivity index (χ0n) is 13.7. The zero-order valence-corrected chi connectivity index (χ0v) is 14.5. The van der Waals surface area contributed by atoms with Crippen molar-refractivity contribution in [1.82, 2.24) is 10.2 Å². The van der Waals surface area contributed by atoms with Gasteiger partial charge in [-0.1, -0.05) is 6.07 Å². The molecule has 24 heavy (non-hydrogen) atoms. The van der Waals surface area contributed by atoms with Crippen molar-refractivity contribution in [2.24, 2.45) is 0 Å². The molecule has 2 saturated heterocycles. The molecule has 2 atom stereocenters. The molecule has 2 aliphatic heterocycles. The Hall–Kier alpha value is -1.92. The predicted octanol–water partition coefficient (Wildman–Crippen LogP) is 3.05. The van der Waals surface area contributed by atoms with E-state index in [4.69, 9.17) is 10.1 Å². The summed E-state index contributed by atoms with van der Waals surface area (Å²) in [6.07, 6.45) is 2.40. The van der Waals surface area contributed by atoms with Crippen molar-refractivity contribution < 1.29 is 9.53 Å². The zero-order chi connectivity index (χ0) is 16.7. The van der Waals surface area contributed by atoms with Gasteiger partial charge in [0.2, 0.25) is 5.91 Å². The molecule has 0 saturated carbocycles. The minimum absolute atomic E-state index is 0.0119. The first kappa shape index (κ1) is 15.6. The van der Waals surface area contributed by atoms with Crippen molar-refractivity contribution in [2.45, 2.75) is 37.8 Å². The highest BCUT2D eigenvalue weighted by Crippen LogP contribution is 2.32. The normalized spacial score (nSPS) is 27.7. The molecule has 1 amide bonds. The van der Waals surface area contributed by atoms with Gasteiger partial charge in [0.15, 0.2) is 5.96 Å². The molecule has 126 valence electrons. The number of hydrogen-bond donors (Lipinski definition) is 2. The summed E-state index contributed by atoms with van der Waals surface area (Å²) < 4.78 is 6.85. The Bertz CT molecular complexity index is 776. The molecule has 0 radical (unpaired) electrons. The largest absolute Gasteiger partial charge is 0.376 e. The lowest BCUT2D eigenvalue weighted by Gasteiger charge is -2.41. The average Bonchev–Trinajstić information content (AvgIpc) is 3.21. The predicted molar refractivity (Wildman–Crippen MR) is 95.3 cm³/mol. The van der Waals surface area contributed by atoms with Crippen LogP contribution in [0, 0.1) is 5.41 Å². The van der Waals surface area contributed by atoms with E-state index in [0.717, 1.165) is 25.0 Å². The molecule has 1 aromatic heterocycles. The van der Waals surface area contributed by atoms with Crippen molar-refractivity contribution in [3.05, 3.63) is 35.2 Å². The summed E-state index contributed by atoms with van der Waals surface area (Å²) in [5.74, 6) is 0.164. The second kappa shape index (κ2) is 5.86. The van der Waals surface area contributed by atoms with Gasteiger partial charge in [-0.3, -0.25) is 15.1 Å². The number of carbonyl (C=O) groups is 1. The van der Waals surface area contributed by atoms with Gasteiger partial charge in [-0.2, -0.15) is 0 Å². The van der Waals surface area contributed by atoms with Crippen LogP contribution in [0.2, 0.25) is 0 Å². The number of nitrogens with one attached hydrogen (secondary N) is 2. The van der Waals surface area contributed by atoms with Crippen LogP contribution in [-0.2, 0) is 15.1 Å². The van der Waals surface area contributed by atoms with E-state index in [1.807, 2.05) is 6.92 Å². The number of guanidine groups is 1. The first-order chi connectivity index (χ1) is 11.5. The molecule has 1 unspecified atom stereocenters. The highest BCUT2D eigenvalue weighted by molar-refractivity contribution is 7.17. The van der Waals surface area contributed by atoms with Crippen LogP contribution in [-0.4, -0.2) is 36.0 Å². The summed E-state index contributed by atoms with van der Waals surface area (Å²) in [7, 11) is 0. The van der Waals surface area contributed by atoms with E-state index in [-0.39, 0.29) is 18.0 Å². The van der Waals surface area contributed by atoms with Crippen LogP contribution in [0.15, 0.2) is 29.6 Å². The molecule has 3 heterocycles. The van der Waals surface area contributed by atoms with Gasteiger partial charge in [0, 0.05) is 11.3 Å². The number of amides is 1. The smallest absolute Gasteiger partial charge is 0.232 e. The average molecular weight is 343 g/mol. The Labute approximate surface area is 145 Å². The minimum atomic E-state index is -0.544. The number of hydrogen-bond acceptors (Lipinski definition) is 4. The molecule has 0 bridgehead atoms. The molecule has 6 heteroatoms. The number of benzene rings is 1. The van der Waals surface area contributed by atoms with E-state index in [1.54, 1.807) is 11.3 Å². The lowest BCUT2D eigenvalue weighted by atomic mass is 9.86. The van der Waals surface area contributed by atoms with Gasteiger partial charge in [-0.15, -0.1) is 11.3 Å². The minimum Gasteiger partial charge on any atom is -0.376 e. The Morgan fingerprint density at radius 2 is 2.33 bits per heavy atom. The van der Waals surface area contributed by atoms with E-state index in [0.29, 0.717) is 13.0 Å². The van der Waals surface area contributed by atoms with Gasteiger partial charge in [0.1, 0.15) is 0 Å². The third-order valence-corrected chi connectivity index (χ3v) is 5.87. The molecule has 2 aromatic rings. The second-order valence-corrected chi connectivity index (χ2v) is 7.74. The van der Waals surface area contributed by atoms with Crippen LogP contribution in [0.25, 0.3) is 10.1 Å². The van der Waals surface area contributed by atoms with E-state index < -0.39 is 5.54 Å². The maximum Gasteiger partial charge on any atom is 0.232 e. The van der Waals surface area contributed by atoms with Crippen molar-refractivity contribution in [3.8, 4) is 0 Å². The van der Waals surface area contributed by atoms with Crippen molar-refractivity contribution in [1.29, 1.82) is 5.41 Å². The van der Waals surface area contributed by atoms with Crippen LogP contribution in [0.1, 0.15) is 31.7 Å². The summed E-state index contributed by atoms with van der Waals surface area (Å²) in [5.41, 5.74) is 0.500. The fraction of sp³-hybridized carbons (Fsp3) is 0.444. The van der Waals surface area contributed by atoms with Crippen LogP contribution in [0.5, 0.6) is 0 Å². The highest BCUT2D eigenvalue weighted by atomic mass is 32.1. The fourth-order valence-corrected chi connectivity index (χ4v) is 4.34. The van der Waals surface area contributed by atoms with E-state index >= 15 is 0 Å². The Morgan fingerprint density at radius 3 is 3.08 bits per heavy atom. The molecular weight excluding hydrogens is 322 g/mol. The van der Waals surface area contributed by atoms with Gasteiger partial charge < -0.3 is 10.1 Å². The monoisotopic (exact) mass is 343 g/mol. The molecule has 0 spiro atoms. The molecule has 2 N–H and O–H groups in total. The second-order valence-electron chi connectivity index (χ2n) is 6.80. The van der Waals surface area contributed by atoms with Gasteiger partial charge in [-0.25, -0.2) is 0 Å². The standard InChI is InChI=1S/C18H21N3O2S/c1-18(13-4-5-15-12(9-13)6-8-24-15)10-16(22)21(17(19)20-18)11-14-3-2-7-23-14/h4-6,8-9,14H,2-3,7,10-11H2,1H3,(H2,19,20)/t14?,18-/m0/s1. The Kier molecular flexibility index (Phi) is 3.81. The molecule has 5 nitrogen and oxygen atoms in total. The third-order valence-electron chi connectivity index (χ3n) is 4.97. The molecule has 4 rings (SSSR count). The lowest BCUT2D eigenvalue weighted by Crippen LogP contribution is -2.60. The molecule has 2 aliphatic rings. The highest BCUT2D eigenvalue weighted by Gasteiger charge is 2.40. The number of carbonyl (C=O) groups excluding carboxylic acids is 1. The summed E-state index contributed by atoms with van der Waals surface area (Å²) >= 11 is 1.71. The van der Waals surface area contributed by atoms with E-state index in [1.165, 1.54) is 15.0 Å². The summed E-state index contributed by atoms with van der Waals surface area (Å²) in [5, 5.41) is 14.8. The van der Waals surface area contributed by atoms with E-state index in [9.17, 15) is 4.79 Å². The molecule has 1 aromatic carbocycles. The van der Waals surface area contributed by atoms with Crippen LogP contribution in [0.3, 0.4) is 0 Å². The van der Waals surface area contributed by atoms with Crippen LogP contribution >= 0.6 is 11.3 Å². The van der Waals surface area contributed by atoms with Gasteiger partial charge in [0.05, 0.1) is 24.6 Å². The van der Waals surface area contributed by atoms with Gasteiger partial charge in [-0.05, 0) is 54.3 Å². The Balaban J connectivity index is 1.56. The number of thiophene rings is 1. The van der Waals surface area contributed by atoms with Crippen LogP contribution in [0.4, 0.5) is 0 Å². The quantitative estimate of drug-likeness (QED) is 0.900. The third kappa shape index (κ3) is 2.70. The van der Waals surface area contributed by atoms with Gasteiger partial charge >= 0.3 is 0 Å². The molecule has 2 fully saturated rings. The van der Waals surface area contributed by atoms with Crippen molar-refractivity contribution >= 4 is 33.3 Å². The maximum absolute atomic E-state index is 12.7. The summed E-state index contributed by atoms with van der Waals surface area (Å²) in [4.78, 5) is 14.2. The van der Waals surface area contributed by atoms with Gasteiger partial charge in [0.25, 0.3) is 0 Å². The summed E-state index contributed by atoms with van der Waals surface area (Å²) in [6.45, 7) is 3.23. The topological polar surface area (TPSA) is 65.4 Å². The van der Waals surface area contributed by atoms with Crippen LogP contribution < -0.4 is 5.32 Å². The number of rotatable bonds is 3. The molecule has 0 aliphatic carbocycles. The first-order valence-electron chi connectivity index (χ1n) is 8.32. The fourth-order valence-electron chi connectivity index (χ4n) is 3.56. The van der Waals surface area contributed by atoms with Crippen molar-refractivity contribution in [3.63, 3.8) is 0 Å². The number of fused-ring (bicyclic) bond motifs is 1. The lowest BCUT2D eigenvalue weighted by molar-refractivity contribution is -0.131. The maximum atomic E-state index is 12.7. The molecular formula is C18H21N3O2S.